The number of rotatable bonds is 8. The van der Waals surface area contributed by atoms with Crippen LogP contribution in [0.4, 0.5) is 16.3 Å². The van der Waals surface area contributed by atoms with Gasteiger partial charge in [0, 0.05) is 24.7 Å². The van der Waals surface area contributed by atoms with Crippen molar-refractivity contribution in [3.8, 4) is 5.75 Å². The molecule has 1 aromatic carbocycles. The number of sulfone groups is 1. The third kappa shape index (κ3) is 9.13. The van der Waals surface area contributed by atoms with Crippen LogP contribution in [0.25, 0.3) is 0 Å². The van der Waals surface area contributed by atoms with Crippen molar-refractivity contribution in [3.05, 3.63) is 71.1 Å². The van der Waals surface area contributed by atoms with Crippen molar-refractivity contribution in [1.29, 1.82) is 0 Å². The van der Waals surface area contributed by atoms with Crippen LogP contribution in [0.15, 0.2) is 59.8 Å². The molecule has 0 unspecified atom stereocenters. The lowest BCUT2D eigenvalue weighted by molar-refractivity contribution is 0.0469. The Hall–Kier alpha value is -4.23. The van der Waals surface area contributed by atoms with Crippen LogP contribution in [0.1, 0.15) is 67.3 Å². The Balaban J connectivity index is 1.49. The first-order chi connectivity index (χ1) is 20.7. The zero-order valence-electron chi connectivity index (χ0n) is 24.7. The van der Waals surface area contributed by atoms with E-state index in [0.29, 0.717) is 30.7 Å². The Morgan fingerprint density at radius 3 is 2.32 bits per heavy atom. The quantitative estimate of drug-likeness (QED) is 0.297. The monoisotopic (exact) mass is 643 g/mol. The van der Waals surface area contributed by atoms with Gasteiger partial charge in [0.1, 0.15) is 17.2 Å². The molecule has 0 spiro atoms. The van der Waals surface area contributed by atoms with Gasteiger partial charge in [-0.15, -0.1) is 0 Å². The first-order valence-electron chi connectivity index (χ1n) is 13.9. The highest BCUT2D eigenvalue weighted by molar-refractivity contribution is 7.90. The van der Waals surface area contributed by atoms with E-state index in [-0.39, 0.29) is 45.6 Å². The maximum atomic E-state index is 13.5. The van der Waals surface area contributed by atoms with E-state index in [9.17, 15) is 22.8 Å². The number of carbonyl (C=O) groups is 3. The molecule has 44 heavy (non-hydrogen) atoms. The van der Waals surface area contributed by atoms with Crippen LogP contribution in [0.5, 0.6) is 5.75 Å². The SMILES string of the molecule is CC(C)(C)OC(=O)N[C@H]1CC[C@H](Oc2cc(S(C)(=O)=O)ccc2C(=O)Nc2cccnc2C(=O)Nc2ccc(Cl)cn2)CC1. The number of nitrogens with one attached hydrogen (secondary N) is 3. The molecule has 14 heteroatoms. The van der Waals surface area contributed by atoms with Crippen molar-refractivity contribution >= 4 is 50.9 Å². The van der Waals surface area contributed by atoms with Gasteiger partial charge in [-0.1, -0.05) is 11.6 Å². The van der Waals surface area contributed by atoms with Gasteiger partial charge in [-0.2, -0.15) is 0 Å². The van der Waals surface area contributed by atoms with Gasteiger partial charge in [0.25, 0.3) is 11.8 Å². The number of anilines is 2. The minimum atomic E-state index is -3.61. The van der Waals surface area contributed by atoms with Gasteiger partial charge in [-0.05, 0) is 88.9 Å². The van der Waals surface area contributed by atoms with Gasteiger partial charge < -0.3 is 25.4 Å². The molecule has 0 saturated heterocycles. The van der Waals surface area contributed by atoms with Crippen molar-refractivity contribution in [1.82, 2.24) is 15.3 Å². The fraction of sp³-hybridized carbons (Fsp3) is 0.367. The standard InChI is InChI=1S/C30H34ClN5O7S/c1-30(2,3)43-29(39)34-19-8-10-20(11-9-19)42-24-16-21(44(4,40)41)12-13-22(24)27(37)35-23-6-5-15-32-26(23)28(38)36-25-14-7-18(31)17-33-25/h5-7,12-17,19-20H,8-11H2,1-4H3,(H,34,39)(H,35,37)(H,33,36,38)/t19-,20-. The maximum absolute atomic E-state index is 13.5. The average Bonchev–Trinajstić information content (AvgIpc) is 2.94. The molecule has 12 nitrogen and oxygen atoms in total. The number of nitrogens with zero attached hydrogens (tertiary/aromatic N) is 2. The Kier molecular flexibility index (Phi) is 10.1. The highest BCUT2D eigenvalue weighted by Gasteiger charge is 2.28. The number of aromatic nitrogens is 2. The number of carbonyl (C=O) groups excluding carboxylic acids is 3. The zero-order valence-corrected chi connectivity index (χ0v) is 26.3. The Morgan fingerprint density at radius 1 is 0.955 bits per heavy atom. The molecule has 3 amide bonds. The van der Waals surface area contributed by atoms with Gasteiger partial charge in [-0.25, -0.2) is 23.2 Å². The van der Waals surface area contributed by atoms with Crippen LogP contribution in [0, 0.1) is 0 Å². The fourth-order valence-electron chi connectivity index (χ4n) is 4.50. The first kappa shape index (κ1) is 32.7. The third-order valence-electron chi connectivity index (χ3n) is 6.55. The van der Waals surface area contributed by atoms with Crippen LogP contribution in [0.2, 0.25) is 5.02 Å². The maximum Gasteiger partial charge on any atom is 0.407 e. The van der Waals surface area contributed by atoms with E-state index >= 15 is 0 Å². The molecule has 4 rings (SSSR count). The summed E-state index contributed by atoms with van der Waals surface area (Å²) >= 11 is 5.86. The van der Waals surface area contributed by atoms with Crippen molar-refractivity contribution < 1.29 is 32.3 Å². The van der Waals surface area contributed by atoms with Gasteiger partial charge >= 0.3 is 6.09 Å². The molecule has 1 aliphatic carbocycles. The molecule has 2 heterocycles. The van der Waals surface area contributed by atoms with E-state index in [2.05, 4.69) is 25.9 Å². The summed E-state index contributed by atoms with van der Waals surface area (Å²) in [5, 5.41) is 8.57. The molecular weight excluding hydrogens is 610 g/mol. The van der Waals surface area contributed by atoms with E-state index < -0.39 is 33.3 Å². The fourth-order valence-corrected chi connectivity index (χ4v) is 5.25. The van der Waals surface area contributed by atoms with E-state index in [0.717, 1.165) is 6.26 Å². The molecule has 3 aromatic rings. The molecular formula is C30H34ClN5O7S. The number of halogens is 1. The third-order valence-corrected chi connectivity index (χ3v) is 7.89. The summed E-state index contributed by atoms with van der Waals surface area (Å²) in [7, 11) is -3.61. The summed E-state index contributed by atoms with van der Waals surface area (Å²) in [6.07, 6.45) is 5.34. The minimum absolute atomic E-state index is 0.0127. The number of benzene rings is 1. The van der Waals surface area contributed by atoms with E-state index in [1.165, 1.54) is 42.7 Å². The molecule has 1 aliphatic rings. The number of ether oxygens (including phenoxy) is 2. The summed E-state index contributed by atoms with van der Waals surface area (Å²) in [5.74, 6) is -0.928. The van der Waals surface area contributed by atoms with E-state index in [1.54, 1.807) is 32.9 Å². The molecule has 0 atom stereocenters. The van der Waals surface area contributed by atoms with E-state index in [4.69, 9.17) is 21.1 Å². The highest BCUT2D eigenvalue weighted by atomic mass is 35.5. The van der Waals surface area contributed by atoms with Gasteiger partial charge in [0.2, 0.25) is 0 Å². The molecule has 1 saturated carbocycles. The normalized spacial score (nSPS) is 16.8. The molecule has 2 aromatic heterocycles. The number of alkyl carbamates (subject to hydrolysis) is 1. The number of amides is 3. The minimum Gasteiger partial charge on any atom is -0.490 e. The molecule has 0 radical (unpaired) electrons. The predicted octanol–water partition coefficient (Wildman–Crippen LogP) is 5.25. The van der Waals surface area contributed by atoms with Crippen LogP contribution in [-0.4, -0.2) is 60.3 Å². The van der Waals surface area contributed by atoms with Crippen LogP contribution >= 0.6 is 11.6 Å². The summed E-state index contributed by atoms with van der Waals surface area (Å²) in [6.45, 7) is 5.37. The molecule has 0 aliphatic heterocycles. The molecule has 0 bridgehead atoms. The van der Waals surface area contributed by atoms with Crippen LogP contribution in [-0.2, 0) is 14.6 Å². The lowest BCUT2D eigenvalue weighted by Crippen LogP contribution is -2.42. The Morgan fingerprint density at radius 2 is 1.68 bits per heavy atom. The molecule has 3 N–H and O–H groups in total. The largest absolute Gasteiger partial charge is 0.490 e. The molecule has 234 valence electrons. The van der Waals surface area contributed by atoms with Crippen molar-refractivity contribution in [2.45, 2.75) is 69.1 Å². The van der Waals surface area contributed by atoms with E-state index in [1.807, 2.05) is 0 Å². The smallest absolute Gasteiger partial charge is 0.407 e. The summed E-state index contributed by atoms with van der Waals surface area (Å²) in [5.41, 5.74) is -0.485. The second kappa shape index (κ2) is 13.6. The van der Waals surface area contributed by atoms with Crippen LogP contribution in [0.3, 0.4) is 0 Å². The van der Waals surface area contributed by atoms with Gasteiger partial charge in [0.05, 0.1) is 27.3 Å². The van der Waals surface area contributed by atoms with Crippen molar-refractivity contribution in [2.75, 3.05) is 16.9 Å². The highest BCUT2D eigenvalue weighted by Crippen LogP contribution is 2.30. The molecule has 1 fully saturated rings. The lowest BCUT2D eigenvalue weighted by Gasteiger charge is -2.30. The topological polar surface area (TPSA) is 166 Å². The summed E-state index contributed by atoms with van der Waals surface area (Å²) < 4.78 is 36.2. The summed E-state index contributed by atoms with van der Waals surface area (Å²) in [4.78, 5) is 46.8. The Bertz CT molecular complexity index is 1630. The average molecular weight is 644 g/mol. The Labute approximate surface area is 260 Å². The summed E-state index contributed by atoms with van der Waals surface area (Å²) in [6, 6.07) is 10.1. The van der Waals surface area contributed by atoms with Crippen LogP contribution < -0.4 is 20.7 Å². The number of hydrogen-bond acceptors (Lipinski definition) is 9. The number of hydrogen-bond donors (Lipinski definition) is 3. The first-order valence-corrected chi connectivity index (χ1v) is 16.1. The zero-order chi connectivity index (χ0) is 32.1. The number of pyridine rings is 2. The van der Waals surface area contributed by atoms with Gasteiger partial charge in [-0.3, -0.25) is 9.59 Å². The van der Waals surface area contributed by atoms with Crippen molar-refractivity contribution in [3.63, 3.8) is 0 Å². The second-order valence-electron chi connectivity index (χ2n) is 11.3. The lowest BCUT2D eigenvalue weighted by atomic mass is 9.93. The second-order valence-corrected chi connectivity index (χ2v) is 13.8. The van der Waals surface area contributed by atoms with Crippen molar-refractivity contribution in [2.24, 2.45) is 0 Å². The van der Waals surface area contributed by atoms with Gasteiger partial charge in [0.15, 0.2) is 15.5 Å². The predicted molar refractivity (Wildman–Crippen MR) is 165 cm³/mol.